The maximum absolute atomic E-state index is 13.8. The predicted octanol–water partition coefficient (Wildman–Crippen LogP) is 7.40. The lowest BCUT2D eigenvalue weighted by molar-refractivity contribution is -0.170. The number of rotatable bonds is 14. The summed E-state index contributed by atoms with van der Waals surface area (Å²) >= 11 is 15.3. The van der Waals surface area contributed by atoms with Crippen molar-refractivity contribution in [2.75, 3.05) is 39.5 Å². The van der Waals surface area contributed by atoms with Crippen molar-refractivity contribution in [3.8, 4) is 6.07 Å². The fourth-order valence-corrected chi connectivity index (χ4v) is 8.42. The van der Waals surface area contributed by atoms with Gasteiger partial charge in [0.15, 0.2) is 10.5 Å². The van der Waals surface area contributed by atoms with Gasteiger partial charge in [0.1, 0.15) is 6.26 Å². The second kappa shape index (κ2) is 20.5. The van der Waals surface area contributed by atoms with E-state index in [0.717, 1.165) is 64.6 Å². The average molecular weight is 904 g/mol. The number of carbonyl (C=O) groups excluding carboxylic acids is 1. The normalized spacial score (nSPS) is 14.5. The zero-order valence-electron chi connectivity index (χ0n) is 31.2. The summed E-state index contributed by atoms with van der Waals surface area (Å²) in [6.45, 7) is 3.26. The number of nitriles is 1. The molecule has 1 saturated heterocycles. The van der Waals surface area contributed by atoms with E-state index in [1.54, 1.807) is 17.2 Å². The van der Waals surface area contributed by atoms with Gasteiger partial charge in [-0.05, 0) is 115 Å². The topological polar surface area (TPSA) is 203 Å². The van der Waals surface area contributed by atoms with Gasteiger partial charge in [0, 0.05) is 35.1 Å². The predicted molar refractivity (Wildman–Crippen MR) is 221 cm³/mol. The number of halogens is 3. The molecule has 0 spiro atoms. The molecule has 1 aliphatic heterocycles. The van der Waals surface area contributed by atoms with Crippen LogP contribution < -0.4 is 0 Å². The maximum atomic E-state index is 13.8. The number of aliphatic carboxylic acids is 3. The molecule has 0 aliphatic carbocycles. The highest BCUT2D eigenvalue weighted by Crippen LogP contribution is 2.35. The van der Waals surface area contributed by atoms with Crippen molar-refractivity contribution >= 4 is 84.9 Å². The molecule has 4 aromatic rings. The Morgan fingerprint density at radius 2 is 1.63 bits per heavy atom. The van der Waals surface area contributed by atoms with Crippen LogP contribution in [0.5, 0.6) is 0 Å². The van der Waals surface area contributed by atoms with Gasteiger partial charge < -0.3 is 34.8 Å². The average Bonchev–Trinajstić information content (AvgIpc) is 3.16. The van der Waals surface area contributed by atoms with E-state index >= 15 is 0 Å². The van der Waals surface area contributed by atoms with Gasteiger partial charge in [0.2, 0.25) is 0 Å². The first-order chi connectivity index (χ1) is 26.9. The van der Waals surface area contributed by atoms with Crippen molar-refractivity contribution in [1.82, 2.24) is 9.80 Å². The van der Waals surface area contributed by atoms with Gasteiger partial charge in [0.05, 0.1) is 34.5 Å². The molecule has 0 aromatic heterocycles. The summed E-state index contributed by atoms with van der Waals surface area (Å²) in [7, 11) is 1.82. The van der Waals surface area contributed by atoms with Crippen LogP contribution in [0.15, 0.2) is 82.2 Å². The molecule has 0 saturated carbocycles. The molecule has 1 fully saturated rings. The van der Waals surface area contributed by atoms with Gasteiger partial charge >= 0.3 is 17.9 Å². The summed E-state index contributed by atoms with van der Waals surface area (Å²) in [6.07, 6.45) is 2.29. The Hall–Kier alpha value is -4.20. The lowest BCUT2D eigenvalue weighted by atomic mass is 9.88. The van der Waals surface area contributed by atoms with Crippen LogP contribution in [-0.4, -0.2) is 104 Å². The molecule has 302 valence electrons. The van der Waals surface area contributed by atoms with Crippen molar-refractivity contribution in [2.45, 2.75) is 54.4 Å². The summed E-state index contributed by atoms with van der Waals surface area (Å²) in [5.41, 5.74) is 0.468. The lowest BCUT2D eigenvalue weighted by Crippen LogP contribution is -2.42. The molecule has 2 unspecified atom stereocenters. The molecule has 1 aliphatic rings. The van der Waals surface area contributed by atoms with E-state index in [1.807, 2.05) is 67.7 Å². The highest BCUT2D eigenvalue weighted by Gasteiger charge is 2.40. The minimum Gasteiger partial charge on any atom is -0.612 e. The van der Waals surface area contributed by atoms with Crippen LogP contribution >= 0.6 is 39.1 Å². The smallest absolute Gasteiger partial charge is 0.336 e. The summed E-state index contributed by atoms with van der Waals surface area (Å²) in [4.78, 5) is 49.5. The Balaban J connectivity index is 0.000000476. The molecule has 4 N–H and O–H groups in total. The molecule has 1 heterocycles. The number of amides is 1. The van der Waals surface area contributed by atoms with Crippen LogP contribution in [0.2, 0.25) is 10.0 Å². The molecule has 2 atom stereocenters. The van der Waals surface area contributed by atoms with Crippen LogP contribution in [0, 0.1) is 11.3 Å². The highest BCUT2D eigenvalue weighted by atomic mass is 79.9. The van der Waals surface area contributed by atoms with Crippen molar-refractivity contribution in [2.24, 2.45) is 0 Å². The molecule has 5 rings (SSSR count). The Morgan fingerprint density at radius 1 is 0.982 bits per heavy atom. The number of fused-ring (bicyclic) bond motifs is 1. The number of carbonyl (C=O) groups is 4. The Kier molecular flexibility index (Phi) is 16.3. The largest absolute Gasteiger partial charge is 0.612 e. The van der Waals surface area contributed by atoms with E-state index in [9.17, 15) is 29.0 Å². The molecule has 4 aromatic carbocycles. The number of nitrogens with zero attached hydrogens (tertiary/aromatic N) is 3. The quantitative estimate of drug-likeness (QED) is 0.0919. The Morgan fingerprint density at radius 3 is 2.21 bits per heavy atom. The monoisotopic (exact) mass is 901 g/mol. The maximum Gasteiger partial charge on any atom is 0.336 e. The van der Waals surface area contributed by atoms with E-state index in [1.165, 1.54) is 5.56 Å². The molecule has 1 amide bonds. The van der Waals surface area contributed by atoms with E-state index < -0.39 is 47.5 Å². The van der Waals surface area contributed by atoms with E-state index in [4.69, 9.17) is 43.6 Å². The number of likely N-dealkylation sites (tertiary alicyclic amines) is 1. The van der Waals surface area contributed by atoms with Crippen LogP contribution in [0.3, 0.4) is 0 Å². The van der Waals surface area contributed by atoms with E-state index in [2.05, 4.69) is 33.0 Å². The SMILES string of the molecule is CN(CC(CCN1CCC(c2cc(Br)ccc2[S+](C)[O-])CC1)c1ccc(Cl)c(Cl)c1)C(=O)c1cc(C#N)cc2ccccc12.O=C(O)CC(O)(CC(=O)O)C(=O)O. The number of likely N-dealkylation sites (N-methyl/N-ethyl adjacent to an activating group) is 1. The van der Waals surface area contributed by atoms with Crippen molar-refractivity contribution in [3.63, 3.8) is 0 Å². The first-order valence-electron chi connectivity index (χ1n) is 17.8. The number of hydrogen-bond acceptors (Lipinski definition) is 8. The third-order valence-electron chi connectivity index (χ3n) is 9.87. The minimum absolute atomic E-state index is 0.0287. The zero-order valence-corrected chi connectivity index (χ0v) is 35.1. The van der Waals surface area contributed by atoms with Crippen molar-refractivity contribution in [3.05, 3.63) is 110 Å². The molecular formula is C41H42BrCl2N3O9S. The van der Waals surface area contributed by atoms with Crippen LogP contribution in [-0.2, 0) is 25.6 Å². The molecule has 16 heteroatoms. The second-order valence-electron chi connectivity index (χ2n) is 13.9. The highest BCUT2D eigenvalue weighted by molar-refractivity contribution is 9.10. The number of piperidine rings is 1. The number of hydrogen-bond donors (Lipinski definition) is 4. The van der Waals surface area contributed by atoms with Gasteiger partial charge in [-0.1, -0.05) is 69.5 Å². The zero-order chi connectivity index (χ0) is 42.0. The van der Waals surface area contributed by atoms with Gasteiger partial charge in [0.25, 0.3) is 5.91 Å². The summed E-state index contributed by atoms with van der Waals surface area (Å²) in [5.74, 6) is -4.74. The lowest BCUT2D eigenvalue weighted by Gasteiger charge is -2.34. The third-order valence-corrected chi connectivity index (χ3v) is 12.1. The van der Waals surface area contributed by atoms with Crippen LogP contribution in [0.25, 0.3) is 10.8 Å². The fraction of sp³-hybridized carbons (Fsp3) is 0.341. The molecular weight excluding hydrogens is 861 g/mol. The Bertz CT molecular complexity index is 2140. The number of benzene rings is 4. The molecule has 0 bridgehead atoms. The van der Waals surface area contributed by atoms with Gasteiger partial charge in [-0.15, -0.1) is 0 Å². The first-order valence-corrected chi connectivity index (χ1v) is 20.9. The third kappa shape index (κ3) is 12.4. The fourth-order valence-electron chi connectivity index (χ4n) is 6.92. The number of carboxylic acid groups (broad SMARTS) is 3. The van der Waals surface area contributed by atoms with E-state index in [-0.39, 0.29) is 11.8 Å². The molecule has 12 nitrogen and oxygen atoms in total. The standard InChI is InChI=1S/C35H34BrCl2N3O2S.C6H8O7/c1-40(35(42)31-18-23(21-39)17-26-5-3-4-6-29(26)31)22-27(25-7-9-32(37)33(38)19-25)13-16-41-14-11-24(12-15-41)30-20-28(36)8-10-34(30)44(2)43;7-3(8)1-6(13,5(11)12)2-4(9)10/h3-10,17-20,24,27H,11-16,22H2,1-2H3;13H,1-2H2,(H,7,8)(H,9,10)(H,11,12). The molecule has 0 radical (unpaired) electrons. The summed E-state index contributed by atoms with van der Waals surface area (Å²) < 4.78 is 13.4. The minimum atomic E-state index is -2.74. The van der Waals surface area contributed by atoms with Crippen molar-refractivity contribution < 1.29 is 44.2 Å². The number of aliphatic hydroxyl groups is 1. The first kappa shape index (κ1) is 45.5. The van der Waals surface area contributed by atoms with Crippen LogP contribution in [0.1, 0.15) is 71.0 Å². The second-order valence-corrected chi connectivity index (χ2v) is 17.0. The summed E-state index contributed by atoms with van der Waals surface area (Å²) in [6, 6.07) is 25.1. The summed E-state index contributed by atoms with van der Waals surface area (Å²) in [5, 5.41) is 46.1. The molecule has 57 heavy (non-hydrogen) atoms. The van der Waals surface area contributed by atoms with Crippen LogP contribution in [0.4, 0.5) is 0 Å². The van der Waals surface area contributed by atoms with Crippen molar-refractivity contribution in [1.29, 1.82) is 5.26 Å². The van der Waals surface area contributed by atoms with Gasteiger partial charge in [-0.2, -0.15) is 5.26 Å². The number of carboxylic acids is 3. The van der Waals surface area contributed by atoms with E-state index in [0.29, 0.717) is 33.6 Å². The van der Waals surface area contributed by atoms with Gasteiger partial charge in [-0.25, -0.2) is 4.79 Å². The Labute approximate surface area is 351 Å². The van der Waals surface area contributed by atoms with Gasteiger partial charge in [-0.3, -0.25) is 14.4 Å².